The lowest BCUT2D eigenvalue weighted by Gasteiger charge is -2.29. The molecule has 1 amide bonds. The second-order valence-electron chi connectivity index (χ2n) is 7.94. The second-order valence-corrected chi connectivity index (χ2v) is 7.94. The molecule has 0 fully saturated rings. The fourth-order valence-electron chi connectivity index (χ4n) is 3.78. The summed E-state index contributed by atoms with van der Waals surface area (Å²) in [5.41, 5.74) is 13.7. The molecule has 0 bridgehead atoms. The summed E-state index contributed by atoms with van der Waals surface area (Å²) in [6, 6.07) is 7.81. The van der Waals surface area contributed by atoms with Gasteiger partial charge in [0.15, 0.2) is 0 Å². The molecule has 6 nitrogen and oxygen atoms in total. The van der Waals surface area contributed by atoms with Gasteiger partial charge in [0, 0.05) is 40.5 Å². The van der Waals surface area contributed by atoms with E-state index in [1.54, 1.807) is 12.4 Å². The van der Waals surface area contributed by atoms with Crippen molar-refractivity contribution in [2.45, 2.75) is 33.1 Å². The van der Waals surface area contributed by atoms with Crippen molar-refractivity contribution < 1.29 is 4.79 Å². The first-order valence-electron chi connectivity index (χ1n) is 9.08. The zero-order chi connectivity index (χ0) is 19.0. The van der Waals surface area contributed by atoms with E-state index in [0.29, 0.717) is 17.8 Å². The van der Waals surface area contributed by atoms with Crippen LogP contribution in [0, 0.1) is 5.41 Å². The highest BCUT2D eigenvalue weighted by Gasteiger charge is 2.29. The van der Waals surface area contributed by atoms with Crippen molar-refractivity contribution in [1.82, 2.24) is 15.2 Å². The normalized spacial score (nSPS) is 15.2. The van der Waals surface area contributed by atoms with Gasteiger partial charge in [-0.2, -0.15) is 5.10 Å². The molecular weight excluding hydrogens is 338 g/mol. The summed E-state index contributed by atoms with van der Waals surface area (Å²) in [5.74, 6) is 0. The van der Waals surface area contributed by atoms with E-state index in [0.717, 1.165) is 41.6 Å². The summed E-state index contributed by atoms with van der Waals surface area (Å²) in [5, 5.41) is 10.6. The highest BCUT2D eigenvalue weighted by Crippen LogP contribution is 2.39. The Morgan fingerprint density at radius 2 is 1.96 bits per heavy atom. The Bertz CT molecular complexity index is 1010. The smallest absolute Gasteiger partial charge is 0.211 e. The molecule has 3 aromatic rings. The van der Waals surface area contributed by atoms with Crippen molar-refractivity contribution in [3.05, 3.63) is 47.9 Å². The highest BCUT2D eigenvalue weighted by atomic mass is 16.1. The first kappa shape index (κ1) is 17.3. The van der Waals surface area contributed by atoms with Crippen LogP contribution in [-0.2, 0) is 17.6 Å². The van der Waals surface area contributed by atoms with Crippen LogP contribution in [-0.4, -0.2) is 21.6 Å². The van der Waals surface area contributed by atoms with E-state index < -0.39 is 0 Å². The number of nitrogen functional groups attached to an aromatic ring is 1. The molecule has 1 aromatic carbocycles. The van der Waals surface area contributed by atoms with E-state index in [2.05, 4.69) is 40.4 Å². The van der Waals surface area contributed by atoms with Gasteiger partial charge in [0.05, 0.1) is 11.4 Å². The number of benzene rings is 1. The number of carbonyl (C=O) groups is 1. The van der Waals surface area contributed by atoms with Gasteiger partial charge < -0.3 is 11.1 Å². The van der Waals surface area contributed by atoms with Gasteiger partial charge in [-0.25, -0.2) is 0 Å². The molecule has 6 heteroatoms. The Hall–Kier alpha value is -3.15. The quantitative estimate of drug-likeness (QED) is 0.616. The van der Waals surface area contributed by atoms with Crippen LogP contribution in [0.15, 0.2) is 36.7 Å². The summed E-state index contributed by atoms with van der Waals surface area (Å²) < 4.78 is 0. The number of carbonyl (C=O) groups excluding carboxylic acids is 1. The predicted molar refractivity (Wildman–Crippen MR) is 107 cm³/mol. The van der Waals surface area contributed by atoms with Gasteiger partial charge in [0.2, 0.25) is 6.41 Å². The maximum absolute atomic E-state index is 11.0. The zero-order valence-electron chi connectivity index (χ0n) is 15.5. The summed E-state index contributed by atoms with van der Waals surface area (Å²) in [6.07, 6.45) is 7.18. The maximum Gasteiger partial charge on any atom is 0.211 e. The van der Waals surface area contributed by atoms with Crippen molar-refractivity contribution in [3.63, 3.8) is 0 Å². The number of pyridine rings is 1. The van der Waals surface area contributed by atoms with Crippen LogP contribution < -0.4 is 11.1 Å². The number of amides is 1. The van der Waals surface area contributed by atoms with Gasteiger partial charge >= 0.3 is 0 Å². The van der Waals surface area contributed by atoms with Crippen molar-refractivity contribution in [2.75, 3.05) is 11.1 Å². The number of rotatable bonds is 4. The summed E-state index contributed by atoms with van der Waals surface area (Å²) in [6.45, 7) is 4.58. The molecule has 0 radical (unpaired) electrons. The van der Waals surface area contributed by atoms with Crippen LogP contribution >= 0.6 is 0 Å². The molecular formula is C21H23N5O. The van der Waals surface area contributed by atoms with Crippen molar-refractivity contribution in [3.8, 4) is 22.4 Å². The highest BCUT2D eigenvalue weighted by molar-refractivity contribution is 5.82. The molecule has 0 aliphatic heterocycles. The number of nitrogens with two attached hydrogens (primary N) is 1. The number of hydrogen-bond acceptors (Lipinski definition) is 4. The van der Waals surface area contributed by atoms with Crippen LogP contribution in [0.25, 0.3) is 22.4 Å². The number of aromatic amines is 1. The summed E-state index contributed by atoms with van der Waals surface area (Å²) >= 11 is 0. The zero-order valence-corrected chi connectivity index (χ0v) is 15.5. The molecule has 27 heavy (non-hydrogen) atoms. The van der Waals surface area contributed by atoms with E-state index in [-0.39, 0.29) is 5.41 Å². The molecule has 1 aliphatic rings. The van der Waals surface area contributed by atoms with Crippen LogP contribution in [0.2, 0.25) is 0 Å². The van der Waals surface area contributed by atoms with Gasteiger partial charge in [-0.1, -0.05) is 13.8 Å². The van der Waals surface area contributed by atoms with E-state index in [1.165, 1.54) is 11.3 Å². The van der Waals surface area contributed by atoms with Crippen molar-refractivity contribution in [1.29, 1.82) is 0 Å². The van der Waals surface area contributed by atoms with E-state index in [9.17, 15) is 4.79 Å². The number of H-pyrrole nitrogens is 1. The molecule has 4 N–H and O–H groups in total. The lowest BCUT2D eigenvalue weighted by atomic mass is 9.76. The Kier molecular flexibility index (Phi) is 4.18. The molecule has 2 heterocycles. The molecule has 0 saturated carbocycles. The molecule has 4 rings (SSSR count). The Labute approximate surface area is 158 Å². The Morgan fingerprint density at radius 1 is 1.15 bits per heavy atom. The van der Waals surface area contributed by atoms with Crippen LogP contribution in [0.4, 0.5) is 11.4 Å². The molecule has 138 valence electrons. The van der Waals surface area contributed by atoms with Gasteiger partial charge in [0.1, 0.15) is 0 Å². The molecule has 0 spiro atoms. The molecule has 0 atom stereocenters. The molecule has 1 aliphatic carbocycles. The van der Waals surface area contributed by atoms with Gasteiger partial charge in [-0.05, 0) is 54.5 Å². The number of fused-ring (bicyclic) bond motifs is 1. The first-order valence-corrected chi connectivity index (χ1v) is 9.08. The lowest BCUT2D eigenvalue weighted by Crippen LogP contribution is -2.21. The van der Waals surface area contributed by atoms with Crippen molar-refractivity contribution >= 4 is 17.8 Å². The minimum atomic E-state index is 0.288. The molecule has 0 saturated heterocycles. The summed E-state index contributed by atoms with van der Waals surface area (Å²) in [4.78, 5) is 15.2. The van der Waals surface area contributed by atoms with E-state index >= 15 is 0 Å². The largest absolute Gasteiger partial charge is 0.397 e. The molecule has 0 unspecified atom stereocenters. The van der Waals surface area contributed by atoms with Crippen LogP contribution in [0.3, 0.4) is 0 Å². The first-order chi connectivity index (χ1) is 12.9. The van der Waals surface area contributed by atoms with Gasteiger partial charge in [-0.3, -0.25) is 14.9 Å². The number of anilines is 2. The minimum absolute atomic E-state index is 0.288. The average molecular weight is 361 g/mol. The fraction of sp³-hybridized carbons (Fsp3) is 0.286. The predicted octanol–water partition coefficient (Wildman–Crippen LogP) is 3.80. The standard InChI is InChI=1S/C21H23N5O/c1-21(2)4-3-18-19(9-21)25-26-20(18)14-5-13(7-17(8-14)24-12-27)15-6-16(22)11-23-10-15/h5-8,10-12H,3-4,9,22H2,1-2H3,(H,24,27)(H,25,26). The summed E-state index contributed by atoms with van der Waals surface area (Å²) in [7, 11) is 0. The monoisotopic (exact) mass is 361 g/mol. The number of nitrogens with one attached hydrogen (secondary N) is 2. The van der Waals surface area contributed by atoms with Gasteiger partial charge in [-0.15, -0.1) is 0 Å². The topological polar surface area (TPSA) is 96.7 Å². The minimum Gasteiger partial charge on any atom is -0.397 e. The Morgan fingerprint density at radius 3 is 2.74 bits per heavy atom. The third-order valence-electron chi connectivity index (χ3n) is 5.18. The number of nitrogens with zero attached hydrogens (tertiary/aromatic N) is 2. The number of aromatic nitrogens is 3. The maximum atomic E-state index is 11.0. The fourth-order valence-corrected chi connectivity index (χ4v) is 3.78. The third-order valence-corrected chi connectivity index (χ3v) is 5.18. The average Bonchev–Trinajstić information content (AvgIpc) is 3.03. The Balaban J connectivity index is 1.82. The number of hydrogen-bond donors (Lipinski definition) is 3. The van der Waals surface area contributed by atoms with Crippen LogP contribution in [0.5, 0.6) is 0 Å². The SMILES string of the molecule is CC1(C)CCc2c(-c3cc(NC=O)cc(-c4cncc(N)c4)c3)n[nH]c2C1. The van der Waals surface area contributed by atoms with Crippen molar-refractivity contribution in [2.24, 2.45) is 5.41 Å². The van der Waals surface area contributed by atoms with E-state index in [4.69, 9.17) is 5.73 Å². The second kappa shape index (κ2) is 6.54. The lowest BCUT2D eigenvalue weighted by molar-refractivity contribution is -0.105. The van der Waals surface area contributed by atoms with Gasteiger partial charge in [0.25, 0.3) is 0 Å². The third kappa shape index (κ3) is 3.43. The molecule has 2 aromatic heterocycles. The van der Waals surface area contributed by atoms with E-state index in [1.807, 2.05) is 18.2 Å². The van der Waals surface area contributed by atoms with Crippen LogP contribution in [0.1, 0.15) is 31.5 Å².